The van der Waals surface area contributed by atoms with Crippen LogP contribution in [-0.2, 0) is 6.54 Å². The maximum absolute atomic E-state index is 12.2. The molecule has 1 saturated heterocycles. The van der Waals surface area contributed by atoms with Gasteiger partial charge in [-0.2, -0.15) is 0 Å². The Balaban J connectivity index is 1.56. The maximum Gasteiger partial charge on any atom is 0.270 e. The third-order valence-electron chi connectivity index (χ3n) is 4.45. The number of rotatable bonds is 6. The molecule has 0 bridgehead atoms. The lowest BCUT2D eigenvalue weighted by Crippen LogP contribution is -2.46. The van der Waals surface area contributed by atoms with Crippen LogP contribution in [0.4, 0.5) is 5.95 Å². The Kier molecular flexibility index (Phi) is 6.17. The van der Waals surface area contributed by atoms with Crippen LogP contribution in [0.25, 0.3) is 0 Å². The summed E-state index contributed by atoms with van der Waals surface area (Å²) in [7, 11) is 0. The summed E-state index contributed by atoms with van der Waals surface area (Å²) >= 11 is 0. The molecule has 1 amide bonds. The minimum atomic E-state index is -0.134. The SMILES string of the molecule is CC(C)CNC(=O)c1ccnc(N2CCN(Cc3ccccc3)CC2)n1. The minimum absolute atomic E-state index is 0.134. The van der Waals surface area contributed by atoms with E-state index in [1.807, 2.05) is 6.07 Å². The van der Waals surface area contributed by atoms with Gasteiger partial charge in [0.05, 0.1) is 0 Å². The highest BCUT2D eigenvalue weighted by Crippen LogP contribution is 2.13. The zero-order chi connectivity index (χ0) is 18.4. The van der Waals surface area contributed by atoms with Crippen molar-refractivity contribution in [3.05, 3.63) is 53.9 Å². The summed E-state index contributed by atoms with van der Waals surface area (Å²) in [5.41, 5.74) is 1.77. The van der Waals surface area contributed by atoms with Gasteiger partial charge in [-0.15, -0.1) is 0 Å². The van der Waals surface area contributed by atoms with Gasteiger partial charge >= 0.3 is 0 Å². The summed E-state index contributed by atoms with van der Waals surface area (Å²) in [6, 6.07) is 12.2. The van der Waals surface area contributed by atoms with Crippen molar-refractivity contribution in [1.82, 2.24) is 20.2 Å². The van der Waals surface area contributed by atoms with Gasteiger partial charge in [-0.05, 0) is 17.5 Å². The second kappa shape index (κ2) is 8.76. The fraction of sp³-hybridized carbons (Fsp3) is 0.450. The number of hydrogen-bond donors (Lipinski definition) is 1. The van der Waals surface area contributed by atoms with Crippen molar-refractivity contribution in [2.75, 3.05) is 37.6 Å². The van der Waals surface area contributed by atoms with Gasteiger partial charge in [-0.3, -0.25) is 9.69 Å². The number of carbonyl (C=O) groups is 1. The van der Waals surface area contributed by atoms with Crippen molar-refractivity contribution in [3.8, 4) is 0 Å². The van der Waals surface area contributed by atoms with Gasteiger partial charge in [0.15, 0.2) is 0 Å². The predicted molar refractivity (Wildman–Crippen MR) is 103 cm³/mol. The van der Waals surface area contributed by atoms with E-state index in [4.69, 9.17) is 0 Å². The maximum atomic E-state index is 12.2. The van der Waals surface area contributed by atoms with E-state index in [-0.39, 0.29) is 5.91 Å². The topological polar surface area (TPSA) is 61.4 Å². The first kappa shape index (κ1) is 18.3. The van der Waals surface area contributed by atoms with E-state index in [0.717, 1.165) is 32.7 Å². The number of nitrogens with zero attached hydrogens (tertiary/aromatic N) is 4. The molecule has 1 aromatic carbocycles. The van der Waals surface area contributed by atoms with E-state index >= 15 is 0 Å². The van der Waals surface area contributed by atoms with E-state index in [9.17, 15) is 4.79 Å². The predicted octanol–water partition coefficient (Wildman–Crippen LogP) is 2.18. The fourth-order valence-corrected chi connectivity index (χ4v) is 2.96. The third kappa shape index (κ3) is 5.02. The molecule has 1 aliphatic rings. The Morgan fingerprint density at radius 3 is 2.54 bits per heavy atom. The molecule has 1 aromatic heterocycles. The van der Waals surface area contributed by atoms with Crippen molar-refractivity contribution in [2.24, 2.45) is 5.92 Å². The number of aromatic nitrogens is 2. The fourth-order valence-electron chi connectivity index (χ4n) is 2.96. The van der Waals surface area contributed by atoms with Crippen LogP contribution in [0.5, 0.6) is 0 Å². The average Bonchev–Trinajstić information content (AvgIpc) is 2.67. The standard InChI is InChI=1S/C20H27N5O/c1-16(2)14-22-19(26)18-8-9-21-20(23-18)25-12-10-24(11-13-25)15-17-6-4-3-5-7-17/h3-9,16H,10-15H2,1-2H3,(H,22,26). The largest absolute Gasteiger partial charge is 0.350 e. The van der Waals surface area contributed by atoms with E-state index in [1.54, 1.807) is 12.3 Å². The van der Waals surface area contributed by atoms with Gasteiger partial charge in [0, 0.05) is 45.5 Å². The van der Waals surface area contributed by atoms with Crippen molar-refractivity contribution in [3.63, 3.8) is 0 Å². The van der Waals surface area contributed by atoms with E-state index in [2.05, 4.69) is 63.2 Å². The summed E-state index contributed by atoms with van der Waals surface area (Å²) in [4.78, 5) is 25.6. The molecule has 2 aromatic rings. The van der Waals surface area contributed by atoms with Crippen molar-refractivity contribution >= 4 is 11.9 Å². The molecule has 138 valence electrons. The van der Waals surface area contributed by atoms with E-state index < -0.39 is 0 Å². The summed E-state index contributed by atoms with van der Waals surface area (Å²) in [6.07, 6.45) is 1.67. The molecule has 0 atom stereocenters. The smallest absolute Gasteiger partial charge is 0.270 e. The van der Waals surface area contributed by atoms with Crippen LogP contribution in [0.3, 0.4) is 0 Å². The number of benzene rings is 1. The van der Waals surface area contributed by atoms with Crippen molar-refractivity contribution in [2.45, 2.75) is 20.4 Å². The number of carbonyl (C=O) groups excluding carboxylic acids is 1. The van der Waals surface area contributed by atoms with Crippen LogP contribution in [0.2, 0.25) is 0 Å². The lowest BCUT2D eigenvalue weighted by Gasteiger charge is -2.34. The molecule has 3 rings (SSSR count). The van der Waals surface area contributed by atoms with E-state index in [1.165, 1.54) is 5.56 Å². The lowest BCUT2D eigenvalue weighted by atomic mass is 10.2. The van der Waals surface area contributed by atoms with Crippen LogP contribution in [0, 0.1) is 5.92 Å². The molecular formula is C20H27N5O. The Bertz CT molecular complexity index is 711. The Hall–Kier alpha value is -2.47. The van der Waals surface area contributed by atoms with Crippen LogP contribution >= 0.6 is 0 Å². The number of anilines is 1. The highest BCUT2D eigenvalue weighted by atomic mass is 16.1. The van der Waals surface area contributed by atoms with Crippen LogP contribution in [0.1, 0.15) is 29.9 Å². The van der Waals surface area contributed by atoms with Gasteiger partial charge < -0.3 is 10.2 Å². The normalized spacial score (nSPS) is 15.3. The zero-order valence-corrected chi connectivity index (χ0v) is 15.6. The second-order valence-electron chi connectivity index (χ2n) is 7.09. The summed E-state index contributed by atoms with van der Waals surface area (Å²) < 4.78 is 0. The molecule has 2 heterocycles. The first-order valence-corrected chi connectivity index (χ1v) is 9.24. The molecule has 0 radical (unpaired) electrons. The number of nitrogens with one attached hydrogen (secondary N) is 1. The first-order chi connectivity index (χ1) is 12.6. The quantitative estimate of drug-likeness (QED) is 0.862. The number of piperazine rings is 1. The van der Waals surface area contributed by atoms with E-state index in [0.29, 0.717) is 24.1 Å². The molecule has 6 nitrogen and oxygen atoms in total. The molecule has 6 heteroatoms. The Morgan fingerprint density at radius 1 is 1.12 bits per heavy atom. The molecule has 0 aliphatic carbocycles. The molecule has 0 spiro atoms. The van der Waals surface area contributed by atoms with Crippen LogP contribution in [0.15, 0.2) is 42.6 Å². The summed E-state index contributed by atoms with van der Waals surface area (Å²) in [5.74, 6) is 0.921. The van der Waals surface area contributed by atoms with Gasteiger partial charge in [-0.25, -0.2) is 9.97 Å². The van der Waals surface area contributed by atoms with Gasteiger partial charge in [0.25, 0.3) is 5.91 Å². The Morgan fingerprint density at radius 2 is 1.85 bits per heavy atom. The van der Waals surface area contributed by atoms with Crippen molar-refractivity contribution in [1.29, 1.82) is 0 Å². The molecule has 26 heavy (non-hydrogen) atoms. The molecule has 1 aliphatic heterocycles. The molecule has 1 fully saturated rings. The molecule has 1 N–H and O–H groups in total. The van der Waals surface area contributed by atoms with Gasteiger partial charge in [0.1, 0.15) is 5.69 Å². The summed E-state index contributed by atoms with van der Waals surface area (Å²) in [5, 5.41) is 2.91. The average molecular weight is 353 g/mol. The summed E-state index contributed by atoms with van der Waals surface area (Å²) in [6.45, 7) is 9.41. The lowest BCUT2D eigenvalue weighted by molar-refractivity contribution is 0.0944. The molecule has 0 saturated carbocycles. The monoisotopic (exact) mass is 353 g/mol. The number of amides is 1. The first-order valence-electron chi connectivity index (χ1n) is 9.24. The van der Waals surface area contributed by atoms with Gasteiger partial charge in [-0.1, -0.05) is 44.2 Å². The van der Waals surface area contributed by atoms with Crippen LogP contribution in [-0.4, -0.2) is 53.5 Å². The van der Waals surface area contributed by atoms with Crippen molar-refractivity contribution < 1.29 is 4.79 Å². The number of hydrogen-bond acceptors (Lipinski definition) is 5. The van der Waals surface area contributed by atoms with Gasteiger partial charge in [0.2, 0.25) is 5.95 Å². The Labute approximate surface area is 155 Å². The molecular weight excluding hydrogens is 326 g/mol. The highest BCUT2D eigenvalue weighted by Gasteiger charge is 2.20. The minimum Gasteiger partial charge on any atom is -0.350 e. The molecule has 0 unspecified atom stereocenters. The third-order valence-corrected chi connectivity index (χ3v) is 4.45. The van der Waals surface area contributed by atoms with Crippen LogP contribution < -0.4 is 10.2 Å². The second-order valence-corrected chi connectivity index (χ2v) is 7.09. The highest BCUT2D eigenvalue weighted by molar-refractivity contribution is 5.92. The zero-order valence-electron chi connectivity index (χ0n) is 15.6.